The number of Topliss-reactive ketones (excluding diaryl/α,β-unsaturated/α-hetero) is 1. The first-order valence-electron chi connectivity index (χ1n) is 3.51. The van der Waals surface area contributed by atoms with Gasteiger partial charge in [-0.15, -0.1) is 12.3 Å². The Kier molecular flexibility index (Phi) is 3.15. The quantitative estimate of drug-likeness (QED) is 0.545. The first kappa shape index (κ1) is 9.23. The van der Waals surface area contributed by atoms with Gasteiger partial charge in [0.1, 0.15) is 5.78 Å². The highest BCUT2D eigenvalue weighted by Crippen LogP contribution is 2.25. The summed E-state index contributed by atoms with van der Waals surface area (Å²) in [5.74, 6) is 2.71. The minimum Gasteiger partial charge on any atom is -0.299 e. The van der Waals surface area contributed by atoms with Crippen molar-refractivity contribution in [2.45, 2.75) is 33.6 Å². The molecular formula is C9H14O. The summed E-state index contributed by atoms with van der Waals surface area (Å²) in [6.45, 7) is 5.49. The Morgan fingerprint density at radius 1 is 1.70 bits per heavy atom. The van der Waals surface area contributed by atoms with E-state index in [-0.39, 0.29) is 11.2 Å². The summed E-state index contributed by atoms with van der Waals surface area (Å²) in [4.78, 5) is 11.0. The lowest BCUT2D eigenvalue weighted by Crippen LogP contribution is -2.23. The molecule has 56 valence electrons. The Balaban J connectivity index is 4.26. The van der Waals surface area contributed by atoms with Crippen molar-refractivity contribution < 1.29 is 4.79 Å². The topological polar surface area (TPSA) is 17.1 Å². The smallest absolute Gasteiger partial charge is 0.136 e. The van der Waals surface area contributed by atoms with Crippen LogP contribution in [0.25, 0.3) is 0 Å². The van der Waals surface area contributed by atoms with Gasteiger partial charge in [-0.2, -0.15) is 0 Å². The van der Waals surface area contributed by atoms with Gasteiger partial charge in [0.2, 0.25) is 0 Å². The van der Waals surface area contributed by atoms with Crippen molar-refractivity contribution in [2.24, 2.45) is 5.41 Å². The highest BCUT2D eigenvalue weighted by Gasteiger charge is 2.25. The maximum Gasteiger partial charge on any atom is 0.136 e. The van der Waals surface area contributed by atoms with Crippen LogP contribution in [0.5, 0.6) is 0 Å². The zero-order valence-electron chi connectivity index (χ0n) is 6.90. The molecule has 0 saturated heterocycles. The van der Waals surface area contributed by atoms with Crippen molar-refractivity contribution in [2.75, 3.05) is 0 Å². The van der Waals surface area contributed by atoms with Crippen LogP contribution < -0.4 is 0 Å². The van der Waals surface area contributed by atoms with E-state index in [4.69, 9.17) is 6.42 Å². The molecule has 0 aromatic rings. The highest BCUT2D eigenvalue weighted by atomic mass is 16.1. The van der Waals surface area contributed by atoms with Crippen LogP contribution in [0.2, 0.25) is 0 Å². The van der Waals surface area contributed by atoms with Gasteiger partial charge in [0.25, 0.3) is 0 Å². The van der Waals surface area contributed by atoms with Gasteiger partial charge in [-0.05, 0) is 13.3 Å². The number of hydrogen-bond acceptors (Lipinski definition) is 1. The molecule has 1 unspecified atom stereocenters. The van der Waals surface area contributed by atoms with Crippen LogP contribution in [0.1, 0.15) is 33.6 Å². The molecule has 0 aliphatic heterocycles. The lowest BCUT2D eigenvalue weighted by Gasteiger charge is -2.21. The number of ketones is 1. The predicted molar refractivity (Wildman–Crippen MR) is 42.5 cm³/mol. The molecule has 0 N–H and O–H groups in total. The van der Waals surface area contributed by atoms with Gasteiger partial charge in [0.05, 0.1) is 0 Å². The fraction of sp³-hybridized carbons (Fsp3) is 0.667. The summed E-state index contributed by atoms with van der Waals surface area (Å²) >= 11 is 0. The molecule has 0 radical (unpaired) electrons. The van der Waals surface area contributed by atoms with Crippen LogP contribution in [0, 0.1) is 17.8 Å². The lowest BCUT2D eigenvalue weighted by atomic mass is 9.81. The third-order valence-corrected chi connectivity index (χ3v) is 2.12. The molecule has 0 aromatic heterocycles. The maximum atomic E-state index is 11.0. The molecule has 1 nitrogen and oxygen atoms in total. The van der Waals surface area contributed by atoms with E-state index >= 15 is 0 Å². The van der Waals surface area contributed by atoms with Gasteiger partial charge < -0.3 is 0 Å². The molecule has 0 spiro atoms. The summed E-state index contributed by atoms with van der Waals surface area (Å²) < 4.78 is 0. The van der Waals surface area contributed by atoms with Gasteiger partial charge in [-0.3, -0.25) is 4.79 Å². The van der Waals surface area contributed by atoms with Crippen molar-refractivity contribution in [1.82, 2.24) is 0 Å². The fourth-order valence-electron chi connectivity index (χ4n) is 0.724. The van der Waals surface area contributed by atoms with Crippen LogP contribution in [-0.4, -0.2) is 5.78 Å². The number of rotatable bonds is 3. The molecule has 0 fully saturated rings. The Bertz CT molecular complexity index is 164. The normalized spacial score (nSPS) is 15.4. The monoisotopic (exact) mass is 138 g/mol. The second-order valence-electron chi connectivity index (χ2n) is 2.85. The molecule has 0 aromatic carbocycles. The summed E-state index contributed by atoms with van der Waals surface area (Å²) in [6.07, 6.45) is 6.51. The van der Waals surface area contributed by atoms with Crippen molar-refractivity contribution in [1.29, 1.82) is 0 Å². The summed E-state index contributed by atoms with van der Waals surface area (Å²) in [6, 6.07) is 0. The number of carbonyl (C=O) groups excluding carboxylic acids is 1. The van der Waals surface area contributed by atoms with E-state index in [0.29, 0.717) is 6.42 Å². The lowest BCUT2D eigenvalue weighted by molar-refractivity contribution is -0.125. The zero-order chi connectivity index (χ0) is 8.20. The van der Waals surface area contributed by atoms with Crippen LogP contribution in [0.4, 0.5) is 0 Å². The van der Waals surface area contributed by atoms with E-state index < -0.39 is 0 Å². The number of terminal acetylenes is 1. The molecule has 1 atom stereocenters. The number of carbonyl (C=O) groups is 1. The summed E-state index contributed by atoms with van der Waals surface area (Å²) in [5.41, 5.74) is -0.283. The number of hydrogen-bond donors (Lipinski definition) is 0. The van der Waals surface area contributed by atoms with Gasteiger partial charge in [-0.25, -0.2) is 0 Å². The largest absolute Gasteiger partial charge is 0.299 e. The third kappa shape index (κ3) is 1.88. The first-order valence-corrected chi connectivity index (χ1v) is 3.51. The third-order valence-electron chi connectivity index (χ3n) is 2.12. The van der Waals surface area contributed by atoms with Crippen LogP contribution in [0.15, 0.2) is 0 Å². The average Bonchev–Trinajstić information content (AvgIpc) is 1.88. The molecule has 10 heavy (non-hydrogen) atoms. The molecule has 0 aliphatic rings. The molecule has 0 aliphatic carbocycles. The van der Waals surface area contributed by atoms with E-state index in [0.717, 1.165) is 6.42 Å². The summed E-state index contributed by atoms with van der Waals surface area (Å²) in [5, 5.41) is 0. The standard InChI is InChI=1S/C9H14O/c1-5-7-9(4,6-2)8(3)10/h1H,6-7H2,2-4H3. The van der Waals surface area contributed by atoms with Crippen molar-refractivity contribution in [3.05, 3.63) is 0 Å². The van der Waals surface area contributed by atoms with Crippen molar-refractivity contribution >= 4 is 5.78 Å². The van der Waals surface area contributed by atoms with Crippen LogP contribution in [0.3, 0.4) is 0 Å². The molecule has 0 amide bonds. The molecule has 0 rings (SSSR count). The summed E-state index contributed by atoms with van der Waals surface area (Å²) in [7, 11) is 0. The maximum absolute atomic E-state index is 11.0. The molecule has 0 saturated carbocycles. The Hall–Kier alpha value is -0.770. The second-order valence-corrected chi connectivity index (χ2v) is 2.85. The van der Waals surface area contributed by atoms with Crippen molar-refractivity contribution in [3.63, 3.8) is 0 Å². The van der Waals surface area contributed by atoms with Gasteiger partial charge >= 0.3 is 0 Å². The second kappa shape index (κ2) is 3.41. The highest BCUT2D eigenvalue weighted by molar-refractivity contribution is 5.82. The fourth-order valence-corrected chi connectivity index (χ4v) is 0.724. The van der Waals surface area contributed by atoms with Gasteiger partial charge in [0.15, 0.2) is 0 Å². The molecule has 0 bridgehead atoms. The SMILES string of the molecule is C#CCC(C)(CC)C(C)=O. The molecule has 1 heteroatoms. The van der Waals surface area contributed by atoms with E-state index in [1.165, 1.54) is 0 Å². The Labute approximate surface area is 62.8 Å². The first-order chi connectivity index (χ1) is 4.56. The zero-order valence-corrected chi connectivity index (χ0v) is 6.90. The molecular weight excluding hydrogens is 124 g/mol. The van der Waals surface area contributed by atoms with Crippen molar-refractivity contribution in [3.8, 4) is 12.3 Å². The van der Waals surface area contributed by atoms with E-state index in [1.807, 2.05) is 13.8 Å². The van der Waals surface area contributed by atoms with E-state index in [1.54, 1.807) is 6.92 Å². The Morgan fingerprint density at radius 2 is 2.20 bits per heavy atom. The van der Waals surface area contributed by atoms with E-state index in [2.05, 4.69) is 5.92 Å². The minimum atomic E-state index is -0.283. The van der Waals surface area contributed by atoms with Gasteiger partial charge in [-0.1, -0.05) is 13.8 Å². The Morgan fingerprint density at radius 3 is 2.30 bits per heavy atom. The van der Waals surface area contributed by atoms with E-state index in [9.17, 15) is 4.79 Å². The minimum absolute atomic E-state index is 0.188. The predicted octanol–water partition coefficient (Wildman–Crippen LogP) is 2.01. The molecule has 0 heterocycles. The van der Waals surface area contributed by atoms with Gasteiger partial charge in [0, 0.05) is 11.8 Å². The average molecular weight is 138 g/mol. The van der Waals surface area contributed by atoms with Crippen LogP contribution >= 0.6 is 0 Å². The van der Waals surface area contributed by atoms with Crippen LogP contribution in [-0.2, 0) is 4.79 Å².